The quantitative estimate of drug-likeness (QED) is 0.842. The molecule has 5 nitrogen and oxygen atoms in total. The molecule has 6 heteroatoms. The molecule has 1 N–H and O–H groups in total. The molecule has 2 heterocycles. The number of furan rings is 1. The maximum atomic E-state index is 12.9. The third kappa shape index (κ3) is 4.01. The lowest BCUT2D eigenvalue weighted by Crippen LogP contribution is -2.40. The van der Waals surface area contributed by atoms with Gasteiger partial charge in [0.15, 0.2) is 0 Å². The van der Waals surface area contributed by atoms with E-state index in [0.717, 1.165) is 6.42 Å². The van der Waals surface area contributed by atoms with Crippen molar-refractivity contribution in [1.29, 1.82) is 0 Å². The number of carbonyl (C=O) groups excluding carboxylic acids is 1. The van der Waals surface area contributed by atoms with Crippen molar-refractivity contribution >= 4 is 23.2 Å². The number of aryl methyl sites for hydroxylation is 1. The number of carbonyl (C=O) groups is 2. The second-order valence-corrected chi connectivity index (χ2v) is 6.34. The molecule has 0 aliphatic carbocycles. The smallest absolute Gasteiger partial charge is 0.311 e. The van der Waals surface area contributed by atoms with Crippen LogP contribution in [0.4, 0.5) is 0 Å². The molecule has 0 fully saturated rings. The van der Waals surface area contributed by atoms with Gasteiger partial charge < -0.3 is 14.4 Å². The fourth-order valence-corrected chi connectivity index (χ4v) is 3.39. The number of aliphatic carboxylic acids is 1. The van der Waals surface area contributed by atoms with E-state index in [4.69, 9.17) is 9.52 Å². The number of hydrogen-bond acceptors (Lipinski definition) is 4. The summed E-state index contributed by atoms with van der Waals surface area (Å²) in [5.74, 6) is -0.957. The topological polar surface area (TPSA) is 70.8 Å². The summed E-state index contributed by atoms with van der Waals surface area (Å²) in [5.41, 5.74) is 2.25. The van der Waals surface area contributed by atoms with Gasteiger partial charge in [0.05, 0.1) is 11.8 Å². The summed E-state index contributed by atoms with van der Waals surface area (Å²) >= 11 is 1.64. The van der Waals surface area contributed by atoms with Crippen LogP contribution in [0.25, 0.3) is 0 Å². The summed E-state index contributed by atoms with van der Waals surface area (Å²) in [7, 11) is 0. The number of likely N-dealkylation sites (N-methyl/N-ethyl adjacent to an activating group) is 1. The zero-order valence-corrected chi connectivity index (χ0v) is 14.4. The Morgan fingerprint density at radius 1 is 1.43 bits per heavy atom. The Labute approximate surface area is 139 Å². The van der Waals surface area contributed by atoms with Crippen molar-refractivity contribution in [3.8, 4) is 0 Å². The highest BCUT2D eigenvalue weighted by molar-refractivity contribution is 7.07. The van der Waals surface area contributed by atoms with Gasteiger partial charge in [-0.1, -0.05) is 0 Å². The van der Waals surface area contributed by atoms with Crippen LogP contribution < -0.4 is 0 Å². The molecule has 0 aromatic carbocycles. The molecule has 2 aromatic heterocycles. The first-order valence-corrected chi connectivity index (χ1v) is 8.49. The Bertz CT molecular complexity index is 675. The SMILES string of the molecule is CCN(C(=O)c1c(C)coc1CC(=O)O)C(C)Cc1ccsc1. The normalized spacial score (nSPS) is 12.1. The molecule has 0 aliphatic heterocycles. The second-order valence-electron chi connectivity index (χ2n) is 5.56. The van der Waals surface area contributed by atoms with Crippen molar-refractivity contribution in [3.05, 3.63) is 45.5 Å². The van der Waals surface area contributed by atoms with Crippen LogP contribution in [-0.2, 0) is 17.6 Å². The summed E-state index contributed by atoms with van der Waals surface area (Å²) in [6, 6.07) is 2.08. The predicted octanol–water partition coefficient (Wildman–Crippen LogP) is 3.37. The van der Waals surface area contributed by atoms with Gasteiger partial charge in [0.25, 0.3) is 5.91 Å². The monoisotopic (exact) mass is 335 g/mol. The van der Waals surface area contributed by atoms with Crippen LogP contribution >= 0.6 is 11.3 Å². The van der Waals surface area contributed by atoms with Gasteiger partial charge in [0.1, 0.15) is 12.2 Å². The van der Waals surface area contributed by atoms with E-state index in [1.807, 2.05) is 19.2 Å². The highest BCUT2D eigenvalue weighted by Crippen LogP contribution is 2.22. The molecule has 1 atom stereocenters. The van der Waals surface area contributed by atoms with Gasteiger partial charge in [0, 0.05) is 18.2 Å². The van der Waals surface area contributed by atoms with Crippen LogP contribution in [0.1, 0.15) is 41.1 Å². The summed E-state index contributed by atoms with van der Waals surface area (Å²) in [6.07, 6.45) is 1.93. The minimum absolute atomic E-state index is 0.0223. The van der Waals surface area contributed by atoms with Crippen molar-refractivity contribution in [2.75, 3.05) is 6.54 Å². The number of amides is 1. The Hall–Kier alpha value is -2.08. The molecule has 23 heavy (non-hydrogen) atoms. The minimum atomic E-state index is -1.01. The first kappa shape index (κ1) is 17.3. The summed E-state index contributed by atoms with van der Waals surface area (Å²) in [5, 5.41) is 13.1. The molecular weight excluding hydrogens is 314 g/mol. The molecule has 0 saturated carbocycles. The number of carboxylic acid groups (broad SMARTS) is 1. The fraction of sp³-hybridized carbons (Fsp3) is 0.412. The number of nitrogens with zero attached hydrogens (tertiary/aromatic N) is 1. The first-order valence-electron chi connectivity index (χ1n) is 7.54. The molecule has 0 aliphatic rings. The van der Waals surface area contributed by atoms with Crippen LogP contribution in [0.15, 0.2) is 27.5 Å². The second kappa shape index (κ2) is 7.46. The fourth-order valence-electron chi connectivity index (χ4n) is 2.71. The van der Waals surface area contributed by atoms with Gasteiger partial charge in [-0.2, -0.15) is 11.3 Å². The van der Waals surface area contributed by atoms with Crippen LogP contribution in [0.3, 0.4) is 0 Å². The summed E-state index contributed by atoms with van der Waals surface area (Å²) in [4.78, 5) is 25.6. The molecule has 1 amide bonds. The van der Waals surface area contributed by atoms with Gasteiger partial charge >= 0.3 is 5.97 Å². The average molecular weight is 335 g/mol. The van der Waals surface area contributed by atoms with E-state index in [1.54, 1.807) is 23.2 Å². The maximum absolute atomic E-state index is 12.9. The zero-order valence-electron chi connectivity index (χ0n) is 13.5. The molecular formula is C17H21NO4S. The van der Waals surface area contributed by atoms with Gasteiger partial charge in [0.2, 0.25) is 0 Å². The van der Waals surface area contributed by atoms with Crippen molar-refractivity contribution in [3.63, 3.8) is 0 Å². The van der Waals surface area contributed by atoms with E-state index in [1.165, 1.54) is 11.8 Å². The summed E-state index contributed by atoms with van der Waals surface area (Å²) in [6.45, 7) is 6.25. The van der Waals surface area contributed by atoms with E-state index < -0.39 is 5.97 Å². The molecule has 124 valence electrons. The van der Waals surface area contributed by atoms with E-state index in [2.05, 4.69) is 11.4 Å². The van der Waals surface area contributed by atoms with Crippen molar-refractivity contribution in [2.45, 2.75) is 39.7 Å². The van der Waals surface area contributed by atoms with Gasteiger partial charge in [-0.05, 0) is 49.6 Å². The van der Waals surface area contributed by atoms with Crippen molar-refractivity contribution in [2.24, 2.45) is 0 Å². The van der Waals surface area contributed by atoms with Gasteiger partial charge in [-0.15, -0.1) is 0 Å². The lowest BCUT2D eigenvalue weighted by Gasteiger charge is -2.28. The molecule has 2 rings (SSSR count). The van der Waals surface area contributed by atoms with E-state index in [-0.39, 0.29) is 24.1 Å². The molecule has 0 radical (unpaired) electrons. The average Bonchev–Trinajstić information content (AvgIpc) is 3.09. The number of rotatable bonds is 7. The Morgan fingerprint density at radius 3 is 2.74 bits per heavy atom. The van der Waals surface area contributed by atoms with Crippen LogP contribution in [-0.4, -0.2) is 34.5 Å². The largest absolute Gasteiger partial charge is 0.481 e. The van der Waals surface area contributed by atoms with Crippen LogP contribution in [0.5, 0.6) is 0 Å². The van der Waals surface area contributed by atoms with Gasteiger partial charge in [-0.25, -0.2) is 0 Å². The third-order valence-corrected chi connectivity index (χ3v) is 4.55. The number of carboxylic acids is 1. The van der Waals surface area contributed by atoms with E-state index >= 15 is 0 Å². The van der Waals surface area contributed by atoms with Crippen LogP contribution in [0.2, 0.25) is 0 Å². The lowest BCUT2D eigenvalue weighted by molar-refractivity contribution is -0.136. The zero-order chi connectivity index (χ0) is 17.0. The highest BCUT2D eigenvalue weighted by atomic mass is 32.1. The summed E-state index contributed by atoms with van der Waals surface area (Å²) < 4.78 is 5.28. The molecule has 0 spiro atoms. The Kier molecular flexibility index (Phi) is 5.60. The Balaban J connectivity index is 2.22. The first-order chi connectivity index (χ1) is 10.9. The van der Waals surface area contributed by atoms with Crippen molar-refractivity contribution in [1.82, 2.24) is 4.90 Å². The molecule has 1 unspecified atom stereocenters. The number of thiophene rings is 1. The minimum Gasteiger partial charge on any atom is -0.481 e. The van der Waals surface area contributed by atoms with Crippen LogP contribution in [0, 0.1) is 6.92 Å². The molecule has 0 saturated heterocycles. The predicted molar refractivity (Wildman–Crippen MR) is 89.0 cm³/mol. The van der Waals surface area contributed by atoms with E-state index in [9.17, 15) is 9.59 Å². The third-order valence-electron chi connectivity index (χ3n) is 3.82. The lowest BCUT2D eigenvalue weighted by atomic mass is 10.0. The maximum Gasteiger partial charge on any atom is 0.311 e. The highest BCUT2D eigenvalue weighted by Gasteiger charge is 2.27. The standard InChI is InChI=1S/C17H21NO4S/c1-4-18(12(3)7-13-5-6-23-10-13)17(21)16-11(2)9-22-14(16)8-15(19)20/h5-6,9-10,12H,4,7-8H2,1-3H3,(H,19,20). The van der Waals surface area contributed by atoms with Crippen molar-refractivity contribution < 1.29 is 19.1 Å². The molecule has 2 aromatic rings. The Morgan fingerprint density at radius 2 is 2.17 bits per heavy atom. The van der Waals surface area contributed by atoms with Gasteiger partial charge in [-0.3, -0.25) is 9.59 Å². The number of hydrogen-bond donors (Lipinski definition) is 1. The molecule has 0 bridgehead atoms. The van der Waals surface area contributed by atoms with E-state index in [0.29, 0.717) is 17.7 Å².